The zero-order valence-electron chi connectivity index (χ0n) is 20.0. The van der Waals surface area contributed by atoms with Gasteiger partial charge in [0.15, 0.2) is 11.4 Å². The van der Waals surface area contributed by atoms with Crippen molar-refractivity contribution in [2.45, 2.75) is 26.8 Å². The molecule has 4 aromatic rings. The maximum atomic E-state index is 11.8. The molecule has 1 aliphatic heterocycles. The van der Waals surface area contributed by atoms with Gasteiger partial charge in [0.2, 0.25) is 0 Å². The van der Waals surface area contributed by atoms with Gasteiger partial charge in [-0.15, -0.1) is 11.3 Å². The Morgan fingerprint density at radius 3 is 2.71 bits per heavy atom. The van der Waals surface area contributed by atoms with E-state index < -0.39 is 0 Å². The topological polar surface area (TPSA) is 64.8 Å². The quantitative estimate of drug-likeness (QED) is 0.384. The van der Waals surface area contributed by atoms with Crippen LogP contribution in [0.5, 0.6) is 11.5 Å². The molecular formula is C28H27N3O3S. The Morgan fingerprint density at radius 1 is 1.09 bits per heavy atom. The number of aromatic nitrogens is 1. The molecule has 0 fully saturated rings. The van der Waals surface area contributed by atoms with E-state index in [1.807, 2.05) is 30.3 Å². The number of ether oxygens (including phenoxy) is 2. The molecule has 178 valence electrons. The van der Waals surface area contributed by atoms with Crippen molar-refractivity contribution < 1.29 is 14.3 Å². The molecule has 6 nitrogen and oxygen atoms in total. The molecule has 0 atom stereocenters. The van der Waals surface area contributed by atoms with Gasteiger partial charge in [-0.2, -0.15) is 0 Å². The van der Waals surface area contributed by atoms with Crippen LogP contribution in [0.4, 0.5) is 11.4 Å². The summed E-state index contributed by atoms with van der Waals surface area (Å²) in [6, 6.07) is 20.4. The second kappa shape index (κ2) is 9.80. The summed E-state index contributed by atoms with van der Waals surface area (Å²) in [7, 11) is 1.68. The average Bonchev–Trinajstić information content (AvgIpc) is 3.27. The fourth-order valence-corrected chi connectivity index (χ4v) is 5.03. The maximum Gasteiger partial charge on any atom is 0.262 e. The standard InChI is InChI=1S/C28H27N3O3S/c1-18-4-5-19(2)23(14-18)30-28-31(13-12-20-6-9-22(33-3)10-7-20)25(17-35-28)21-8-11-26-24(15-21)29-27(32)16-34-26/h4-11,14-15,17H,12-13,16H2,1-3H3,(H,29,32). The van der Waals surface area contributed by atoms with Crippen LogP contribution in [0.1, 0.15) is 16.7 Å². The minimum absolute atomic E-state index is 0.0472. The molecule has 7 heteroatoms. The number of carbonyl (C=O) groups is 1. The highest BCUT2D eigenvalue weighted by Crippen LogP contribution is 2.33. The first-order chi connectivity index (χ1) is 17.0. The normalized spacial score (nSPS) is 13.2. The van der Waals surface area contributed by atoms with E-state index in [2.05, 4.69) is 59.4 Å². The van der Waals surface area contributed by atoms with Gasteiger partial charge in [-0.3, -0.25) is 4.79 Å². The van der Waals surface area contributed by atoms with E-state index in [0.29, 0.717) is 11.4 Å². The molecule has 35 heavy (non-hydrogen) atoms. The minimum Gasteiger partial charge on any atom is -0.497 e. The Bertz CT molecular complexity index is 1450. The van der Waals surface area contributed by atoms with Gasteiger partial charge < -0.3 is 19.4 Å². The Morgan fingerprint density at radius 2 is 1.91 bits per heavy atom. The highest BCUT2D eigenvalue weighted by Gasteiger charge is 2.18. The zero-order valence-corrected chi connectivity index (χ0v) is 20.8. The first-order valence-corrected chi connectivity index (χ1v) is 12.4. The maximum absolute atomic E-state index is 11.8. The van der Waals surface area contributed by atoms with Crippen LogP contribution in [-0.2, 0) is 17.8 Å². The first-order valence-electron chi connectivity index (χ1n) is 11.5. The van der Waals surface area contributed by atoms with E-state index in [-0.39, 0.29) is 12.5 Å². The van der Waals surface area contributed by atoms with E-state index in [4.69, 9.17) is 14.5 Å². The lowest BCUT2D eigenvalue weighted by Gasteiger charge is -2.19. The number of aryl methyl sites for hydroxylation is 3. The number of nitrogens with zero attached hydrogens (tertiary/aromatic N) is 2. The molecule has 1 aliphatic rings. The Labute approximate surface area is 208 Å². The monoisotopic (exact) mass is 485 g/mol. The largest absolute Gasteiger partial charge is 0.497 e. The molecular weight excluding hydrogens is 458 g/mol. The summed E-state index contributed by atoms with van der Waals surface area (Å²) in [5.41, 5.74) is 7.27. The predicted molar refractivity (Wildman–Crippen MR) is 140 cm³/mol. The number of hydrogen-bond acceptors (Lipinski definition) is 5. The summed E-state index contributed by atoms with van der Waals surface area (Å²) < 4.78 is 13.1. The molecule has 5 rings (SSSR count). The second-order valence-electron chi connectivity index (χ2n) is 8.60. The molecule has 1 N–H and O–H groups in total. The predicted octanol–water partition coefficient (Wildman–Crippen LogP) is 5.65. The summed E-state index contributed by atoms with van der Waals surface area (Å²) in [6.45, 7) is 4.97. The molecule has 0 aliphatic carbocycles. The second-order valence-corrected chi connectivity index (χ2v) is 9.44. The van der Waals surface area contributed by atoms with E-state index >= 15 is 0 Å². The Kier molecular flexibility index (Phi) is 6.42. The van der Waals surface area contributed by atoms with Crippen molar-refractivity contribution in [3.63, 3.8) is 0 Å². The molecule has 0 spiro atoms. The molecule has 0 unspecified atom stereocenters. The number of methoxy groups -OCH3 is 1. The van der Waals surface area contributed by atoms with Crippen molar-refractivity contribution in [2.75, 3.05) is 19.0 Å². The third kappa shape index (κ3) is 5.00. The molecule has 2 heterocycles. The SMILES string of the molecule is COc1ccc(CCn2c(-c3ccc4c(c3)NC(=O)CO4)csc2=Nc2cc(C)ccc2C)cc1. The van der Waals surface area contributed by atoms with Crippen molar-refractivity contribution in [1.29, 1.82) is 0 Å². The van der Waals surface area contributed by atoms with E-state index in [0.717, 1.165) is 46.0 Å². The number of nitrogens with one attached hydrogen (secondary N) is 1. The van der Waals surface area contributed by atoms with Crippen LogP contribution >= 0.6 is 11.3 Å². The number of benzene rings is 3. The summed E-state index contributed by atoms with van der Waals surface area (Å²) in [5.74, 6) is 1.40. The summed E-state index contributed by atoms with van der Waals surface area (Å²) in [4.78, 5) is 17.8. The van der Waals surface area contributed by atoms with Crippen LogP contribution in [0.15, 0.2) is 71.0 Å². The van der Waals surface area contributed by atoms with Crippen LogP contribution in [0, 0.1) is 13.8 Å². The first kappa shape index (κ1) is 22.9. The molecule has 1 amide bonds. The number of rotatable bonds is 6. The van der Waals surface area contributed by atoms with E-state index in [1.54, 1.807) is 18.4 Å². The summed E-state index contributed by atoms with van der Waals surface area (Å²) in [6.07, 6.45) is 0.846. The number of thiazole rings is 1. The van der Waals surface area contributed by atoms with Crippen molar-refractivity contribution in [1.82, 2.24) is 4.57 Å². The number of fused-ring (bicyclic) bond motifs is 1. The Balaban J connectivity index is 1.56. The molecule has 3 aromatic carbocycles. The molecule has 0 saturated heterocycles. The van der Waals surface area contributed by atoms with Gasteiger partial charge in [-0.25, -0.2) is 4.99 Å². The van der Waals surface area contributed by atoms with Gasteiger partial charge in [0.1, 0.15) is 11.5 Å². The molecule has 0 saturated carbocycles. The van der Waals surface area contributed by atoms with Crippen LogP contribution in [0.2, 0.25) is 0 Å². The molecule has 0 bridgehead atoms. The zero-order chi connectivity index (χ0) is 24.4. The lowest BCUT2D eigenvalue weighted by molar-refractivity contribution is -0.118. The van der Waals surface area contributed by atoms with E-state index in [9.17, 15) is 4.79 Å². The average molecular weight is 486 g/mol. The van der Waals surface area contributed by atoms with Crippen LogP contribution in [-0.4, -0.2) is 24.2 Å². The van der Waals surface area contributed by atoms with Crippen LogP contribution < -0.4 is 19.6 Å². The van der Waals surface area contributed by atoms with E-state index in [1.165, 1.54) is 11.1 Å². The smallest absolute Gasteiger partial charge is 0.262 e. The summed E-state index contributed by atoms with van der Waals surface area (Å²) >= 11 is 1.62. The van der Waals surface area contributed by atoms with Crippen molar-refractivity contribution in [3.8, 4) is 22.8 Å². The number of amides is 1. The van der Waals surface area contributed by atoms with Gasteiger partial charge in [0.25, 0.3) is 5.91 Å². The summed E-state index contributed by atoms with van der Waals surface area (Å²) in [5, 5.41) is 5.04. The van der Waals surface area contributed by atoms with Crippen LogP contribution in [0.25, 0.3) is 11.3 Å². The Hall–Kier alpha value is -3.84. The van der Waals surface area contributed by atoms with Gasteiger partial charge >= 0.3 is 0 Å². The van der Waals surface area contributed by atoms with Gasteiger partial charge in [0.05, 0.1) is 24.2 Å². The molecule has 0 radical (unpaired) electrons. The number of hydrogen-bond donors (Lipinski definition) is 1. The van der Waals surface area contributed by atoms with Gasteiger partial charge in [-0.1, -0.05) is 24.3 Å². The highest BCUT2D eigenvalue weighted by atomic mass is 32.1. The molecule has 1 aromatic heterocycles. The van der Waals surface area contributed by atoms with Crippen molar-refractivity contribution in [2.24, 2.45) is 4.99 Å². The van der Waals surface area contributed by atoms with Gasteiger partial charge in [0, 0.05) is 17.5 Å². The lowest BCUT2D eigenvalue weighted by Crippen LogP contribution is -2.25. The third-order valence-electron chi connectivity index (χ3n) is 6.07. The van der Waals surface area contributed by atoms with Crippen molar-refractivity contribution >= 4 is 28.6 Å². The lowest BCUT2D eigenvalue weighted by atomic mass is 10.1. The highest BCUT2D eigenvalue weighted by molar-refractivity contribution is 7.07. The van der Waals surface area contributed by atoms with Gasteiger partial charge in [-0.05, 0) is 73.4 Å². The fourth-order valence-electron chi connectivity index (χ4n) is 4.08. The van der Waals surface area contributed by atoms with Crippen LogP contribution in [0.3, 0.4) is 0 Å². The number of carbonyl (C=O) groups excluding carboxylic acids is 1. The number of anilines is 1. The van der Waals surface area contributed by atoms with Crippen molar-refractivity contribution in [3.05, 3.63) is 87.5 Å². The third-order valence-corrected chi connectivity index (χ3v) is 6.93. The fraction of sp³-hybridized carbons (Fsp3) is 0.214. The minimum atomic E-state index is -0.141.